The Kier molecular flexibility index (Phi) is 4.35. The topological polar surface area (TPSA) is 45.0 Å². The highest BCUT2D eigenvalue weighted by molar-refractivity contribution is 5.58. The average Bonchev–Trinajstić information content (AvgIpc) is 2.28. The number of benzene rings is 1. The van der Waals surface area contributed by atoms with Crippen LogP contribution < -0.4 is 5.32 Å². The van der Waals surface area contributed by atoms with Crippen molar-refractivity contribution in [3.05, 3.63) is 29.3 Å². The largest absolute Gasteiger partial charge is 0.416 e. The number of ether oxygens (including phenoxy) is 1. The Balaban J connectivity index is 2.91. The molecule has 6 heteroatoms. The number of alkyl halides is 3. The zero-order chi connectivity index (χ0) is 12.9. The predicted octanol–water partition coefficient (Wildman–Crippen LogP) is 2.64. The van der Waals surface area contributed by atoms with Crippen LogP contribution in [-0.2, 0) is 10.9 Å². The first-order chi connectivity index (χ1) is 7.99. The van der Waals surface area contributed by atoms with Crippen molar-refractivity contribution in [1.82, 2.24) is 0 Å². The second-order valence-electron chi connectivity index (χ2n) is 3.29. The summed E-state index contributed by atoms with van der Waals surface area (Å²) in [7, 11) is 1.51. The first-order valence-electron chi connectivity index (χ1n) is 4.83. The number of anilines is 1. The molecule has 1 aromatic rings. The molecule has 0 radical (unpaired) electrons. The molecule has 0 bridgehead atoms. The maximum atomic E-state index is 12.4. The first kappa shape index (κ1) is 13.3. The summed E-state index contributed by atoms with van der Waals surface area (Å²) in [6.07, 6.45) is -4.43. The minimum absolute atomic E-state index is 0.0315. The van der Waals surface area contributed by atoms with Crippen molar-refractivity contribution in [2.45, 2.75) is 6.18 Å². The lowest BCUT2D eigenvalue weighted by atomic mass is 10.1. The summed E-state index contributed by atoms with van der Waals surface area (Å²) in [5.74, 6) is 0. The second kappa shape index (κ2) is 5.55. The summed E-state index contributed by atoms with van der Waals surface area (Å²) in [5.41, 5.74) is -0.486. The van der Waals surface area contributed by atoms with E-state index in [9.17, 15) is 13.2 Å². The van der Waals surface area contributed by atoms with Crippen LogP contribution in [0, 0.1) is 11.3 Å². The molecule has 1 N–H and O–H groups in total. The number of methoxy groups -OCH3 is 1. The van der Waals surface area contributed by atoms with Gasteiger partial charge in [0.25, 0.3) is 0 Å². The molecule has 17 heavy (non-hydrogen) atoms. The summed E-state index contributed by atoms with van der Waals surface area (Å²) >= 11 is 0. The molecule has 1 aromatic carbocycles. The van der Waals surface area contributed by atoms with Gasteiger partial charge in [0.1, 0.15) is 6.07 Å². The van der Waals surface area contributed by atoms with E-state index in [4.69, 9.17) is 10.00 Å². The molecule has 0 heterocycles. The number of halogens is 3. The summed E-state index contributed by atoms with van der Waals surface area (Å²) in [6.45, 7) is 0.836. The lowest BCUT2D eigenvalue weighted by Gasteiger charge is -2.11. The monoisotopic (exact) mass is 244 g/mol. The highest BCUT2D eigenvalue weighted by Crippen LogP contribution is 2.31. The van der Waals surface area contributed by atoms with Gasteiger partial charge in [-0.15, -0.1) is 0 Å². The average molecular weight is 244 g/mol. The molecule has 92 valence electrons. The highest BCUT2D eigenvalue weighted by Gasteiger charge is 2.30. The van der Waals surface area contributed by atoms with Crippen LogP contribution in [0.2, 0.25) is 0 Å². The SMILES string of the molecule is COCCNc1ccc(C(F)(F)F)cc1C#N. The Morgan fingerprint density at radius 1 is 1.41 bits per heavy atom. The van der Waals surface area contributed by atoms with Gasteiger partial charge in [-0.3, -0.25) is 0 Å². The lowest BCUT2D eigenvalue weighted by molar-refractivity contribution is -0.137. The van der Waals surface area contributed by atoms with Gasteiger partial charge in [0.2, 0.25) is 0 Å². The van der Waals surface area contributed by atoms with Crippen molar-refractivity contribution in [3.63, 3.8) is 0 Å². The van der Waals surface area contributed by atoms with E-state index in [0.29, 0.717) is 18.8 Å². The molecule has 1 rings (SSSR count). The van der Waals surface area contributed by atoms with Gasteiger partial charge in [0, 0.05) is 13.7 Å². The predicted molar refractivity (Wildman–Crippen MR) is 56.5 cm³/mol. The Hall–Kier alpha value is -1.74. The van der Waals surface area contributed by atoms with Crippen molar-refractivity contribution >= 4 is 5.69 Å². The van der Waals surface area contributed by atoms with Gasteiger partial charge in [0.05, 0.1) is 23.4 Å². The molecule has 0 aliphatic carbocycles. The normalized spacial score (nSPS) is 11.0. The van der Waals surface area contributed by atoms with Crippen molar-refractivity contribution in [2.24, 2.45) is 0 Å². The smallest absolute Gasteiger partial charge is 0.383 e. The van der Waals surface area contributed by atoms with Crippen LogP contribution in [-0.4, -0.2) is 20.3 Å². The zero-order valence-corrected chi connectivity index (χ0v) is 9.14. The molecule has 0 aliphatic rings. The minimum atomic E-state index is -4.43. The minimum Gasteiger partial charge on any atom is -0.383 e. The van der Waals surface area contributed by atoms with Gasteiger partial charge in [-0.1, -0.05) is 0 Å². The molecule has 0 aliphatic heterocycles. The maximum Gasteiger partial charge on any atom is 0.416 e. The number of nitriles is 1. The van der Waals surface area contributed by atoms with E-state index in [2.05, 4.69) is 5.32 Å². The number of nitrogens with zero attached hydrogens (tertiary/aromatic N) is 1. The Labute approximate surface area is 96.8 Å². The first-order valence-corrected chi connectivity index (χ1v) is 4.83. The van der Waals surface area contributed by atoms with E-state index >= 15 is 0 Å². The van der Waals surface area contributed by atoms with Crippen molar-refractivity contribution in [1.29, 1.82) is 5.26 Å². The van der Waals surface area contributed by atoms with E-state index in [1.165, 1.54) is 13.2 Å². The van der Waals surface area contributed by atoms with Gasteiger partial charge in [-0.2, -0.15) is 18.4 Å². The Morgan fingerprint density at radius 2 is 2.12 bits per heavy atom. The van der Waals surface area contributed by atoms with Gasteiger partial charge < -0.3 is 10.1 Å². The number of hydrogen-bond acceptors (Lipinski definition) is 3. The molecule has 0 aromatic heterocycles. The maximum absolute atomic E-state index is 12.4. The third kappa shape index (κ3) is 3.64. The number of nitrogens with one attached hydrogen (secondary N) is 1. The second-order valence-corrected chi connectivity index (χ2v) is 3.29. The molecule has 0 amide bonds. The third-order valence-corrected chi connectivity index (χ3v) is 2.09. The van der Waals surface area contributed by atoms with Crippen molar-refractivity contribution in [2.75, 3.05) is 25.6 Å². The van der Waals surface area contributed by atoms with Gasteiger partial charge in [-0.05, 0) is 18.2 Å². The fourth-order valence-corrected chi connectivity index (χ4v) is 1.25. The summed E-state index contributed by atoms with van der Waals surface area (Å²) in [5, 5.41) is 11.6. The number of hydrogen-bond donors (Lipinski definition) is 1. The van der Waals surface area contributed by atoms with Crippen LogP contribution in [0.1, 0.15) is 11.1 Å². The fraction of sp³-hybridized carbons (Fsp3) is 0.364. The molecule has 0 spiro atoms. The fourth-order valence-electron chi connectivity index (χ4n) is 1.25. The molecular formula is C11H11F3N2O. The van der Waals surface area contributed by atoms with Gasteiger partial charge in [-0.25, -0.2) is 0 Å². The Morgan fingerprint density at radius 3 is 2.65 bits per heavy atom. The van der Waals surface area contributed by atoms with Crippen LogP contribution in [0.3, 0.4) is 0 Å². The molecule has 3 nitrogen and oxygen atoms in total. The van der Waals surface area contributed by atoms with Gasteiger partial charge in [0.15, 0.2) is 0 Å². The molecule has 0 saturated heterocycles. The van der Waals surface area contributed by atoms with E-state index < -0.39 is 11.7 Å². The van der Waals surface area contributed by atoms with Crippen LogP contribution in [0.5, 0.6) is 0 Å². The molecule has 0 atom stereocenters. The van der Waals surface area contributed by atoms with Crippen molar-refractivity contribution in [3.8, 4) is 6.07 Å². The van der Waals surface area contributed by atoms with E-state index in [-0.39, 0.29) is 5.56 Å². The van der Waals surface area contributed by atoms with E-state index in [1.54, 1.807) is 6.07 Å². The van der Waals surface area contributed by atoms with Crippen molar-refractivity contribution < 1.29 is 17.9 Å². The Bertz CT molecular complexity index is 424. The molecule has 0 fully saturated rings. The zero-order valence-electron chi connectivity index (χ0n) is 9.14. The molecule has 0 saturated carbocycles. The highest BCUT2D eigenvalue weighted by atomic mass is 19.4. The molecule has 0 unspecified atom stereocenters. The quantitative estimate of drug-likeness (QED) is 0.828. The number of rotatable bonds is 4. The molecular weight excluding hydrogens is 233 g/mol. The van der Waals surface area contributed by atoms with Crippen LogP contribution in [0.4, 0.5) is 18.9 Å². The van der Waals surface area contributed by atoms with Crippen LogP contribution >= 0.6 is 0 Å². The summed E-state index contributed by atoms with van der Waals surface area (Å²) in [6, 6.07) is 4.75. The lowest BCUT2D eigenvalue weighted by Crippen LogP contribution is -2.10. The van der Waals surface area contributed by atoms with E-state index in [1.807, 2.05) is 0 Å². The summed E-state index contributed by atoms with van der Waals surface area (Å²) < 4.78 is 42.0. The standard InChI is InChI=1S/C11H11F3N2O/c1-17-5-4-16-10-3-2-9(11(12,13)14)6-8(10)7-15/h2-3,6,16H,4-5H2,1H3. The van der Waals surface area contributed by atoms with Crippen LogP contribution in [0.25, 0.3) is 0 Å². The third-order valence-electron chi connectivity index (χ3n) is 2.09. The van der Waals surface area contributed by atoms with Gasteiger partial charge >= 0.3 is 6.18 Å². The van der Waals surface area contributed by atoms with Crippen LogP contribution in [0.15, 0.2) is 18.2 Å². The summed E-state index contributed by atoms with van der Waals surface area (Å²) in [4.78, 5) is 0. The van der Waals surface area contributed by atoms with E-state index in [0.717, 1.165) is 12.1 Å².